The van der Waals surface area contributed by atoms with Crippen LogP contribution in [0.15, 0.2) is 56.2 Å². The lowest BCUT2D eigenvalue weighted by molar-refractivity contribution is -0.402. The summed E-state index contributed by atoms with van der Waals surface area (Å²) in [4.78, 5) is 51.5. The molecule has 1 aromatic carbocycles. The van der Waals surface area contributed by atoms with Crippen molar-refractivity contribution in [1.29, 1.82) is 0 Å². The third-order valence-electron chi connectivity index (χ3n) is 4.98. The fourth-order valence-electron chi connectivity index (χ4n) is 3.49. The summed E-state index contributed by atoms with van der Waals surface area (Å²) >= 11 is 1.01. The summed E-state index contributed by atoms with van der Waals surface area (Å²) in [5.74, 6) is -1.20. The number of allylic oxidation sites excluding steroid dienone is 1. The Hall–Kier alpha value is -4.39. The molecular formula is C21H16N4O8S. The van der Waals surface area contributed by atoms with Gasteiger partial charge in [-0.2, -0.15) is 0 Å². The van der Waals surface area contributed by atoms with Gasteiger partial charge >= 0.3 is 11.9 Å². The zero-order valence-electron chi connectivity index (χ0n) is 17.8. The number of nitro groups is 2. The molecule has 34 heavy (non-hydrogen) atoms. The van der Waals surface area contributed by atoms with Crippen LogP contribution in [-0.2, 0) is 9.53 Å². The van der Waals surface area contributed by atoms with Crippen LogP contribution in [0.3, 0.4) is 0 Å². The van der Waals surface area contributed by atoms with Crippen molar-refractivity contribution in [2.75, 3.05) is 6.61 Å². The van der Waals surface area contributed by atoms with Crippen molar-refractivity contribution in [2.45, 2.75) is 19.9 Å². The van der Waals surface area contributed by atoms with Crippen molar-refractivity contribution in [3.05, 3.63) is 93.2 Å². The molecule has 1 atom stereocenters. The van der Waals surface area contributed by atoms with Gasteiger partial charge < -0.3 is 9.15 Å². The van der Waals surface area contributed by atoms with Crippen LogP contribution in [0.2, 0.25) is 0 Å². The molecule has 0 spiro atoms. The molecule has 0 unspecified atom stereocenters. The molecule has 1 aliphatic heterocycles. The number of nitrogens with zero attached hydrogens (tertiary/aromatic N) is 4. The van der Waals surface area contributed by atoms with Gasteiger partial charge in [0.05, 0.1) is 27.7 Å². The van der Waals surface area contributed by atoms with E-state index in [-0.39, 0.29) is 38.7 Å². The van der Waals surface area contributed by atoms with Gasteiger partial charge in [0.25, 0.3) is 11.2 Å². The summed E-state index contributed by atoms with van der Waals surface area (Å²) in [6.45, 7) is 3.23. The van der Waals surface area contributed by atoms with E-state index >= 15 is 0 Å². The zero-order valence-corrected chi connectivity index (χ0v) is 18.6. The van der Waals surface area contributed by atoms with E-state index in [2.05, 4.69) is 4.99 Å². The van der Waals surface area contributed by atoms with Crippen LogP contribution in [0.1, 0.15) is 31.2 Å². The minimum atomic E-state index is -1.06. The molecule has 0 fully saturated rings. The van der Waals surface area contributed by atoms with Crippen molar-refractivity contribution in [1.82, 2.24) is 4.57 Å². The van der Waals surface area contributed by atoms with E-state index in [0.29, 0.717) is 5.56 Å². The monoisotopic (exact) mass is 484 g/mol. The minimum Gasteiger partial charge on any atom is -0.463 e. The van der Waals surface area contributed by atoms with E-state index in [1.807, 2.05) is 0 Å². The first-order valence-corrected chi connectivity index (χ1v) is 10.7. The molecule has 12 nitrogen and oxygen atoms in total. The number of ether oxygens (including phenoxy) is 1. The Morgan fingerprint density at radius 2 is 2.03 bits per heavy atom. The molecule has 0 aliphatic carbocycles. The molecule has 0 saturated heterocycles. The number of carbonyl (C=O) groups excluding carboxylic acids is 1. The molecule has 13 heteroatoms. The molecule has 0 radical (unpaired) electrons. The highest BCUT2D eigenvalue weighted by atomic mass is 32.1. The van der Waals surface area contributed by atoms with Crippen molar-refractivity contribution in [3.63, 3.8) is 0 Å². The second kappa shape index (κ2) is 8.86. The highest BCUT2D eigenvalue weighted by Crippen LogP contribution is 2.34. The van der Waals surface area contributed by atoms with Crippen LogP contribution < -0.4 is 14.9 Å². The fourth-order valence-corrected chi connectivity index (χ4v) is 4.53. The van der Waals surface area contributed by atoms with Gasteiger partial charge in [0.15, 0.2) is 4.80 Å². The Labute approximate surface area is 194 Å². The molecule has 3 heterocycles. The molecule has 1 aliphatic rings. The summed E-state index contributed by atoms with van der Waals surface area (Å²) in [5, 5.41) is 22.1. The predicted molar refractivity (Wildman–Crippen MR) is 120 cm³/mol. The number of rotatable bonds is 6. The number of esters is 1. The molecule has 4 rings (SSSR count). The molecule has 0 saturated carbocycles. The maximum atomic E-state index is 13.2. The number of thiazole rings is 1. The van der Waals surface area contributed by atoms with Gasteiger partial charge in [-0.1, -0.05) is 23.5 Å². The number of nitro benzene ring substituents is 1. The number of aromatic nitrogens is 1. The molecule has 174 valence electrons. The first kappa shape index (κ1) is 22.8. The minimum absolute atomic E-state index is 0.0143. The summed E-state index contributed by atoms with van der Waals surface area (Å²) in [6, 6.07) is 7.23. The van der Waals surface area contributed by atoms with Gasteiger partial charge in [-0.15, -0.1) is 0 Å². The topological polar surface area (TPSA) is 160 Å². The van der Waals surface area contributed by atoms with Crippen LogP contribution in [0.25, 0.3) is 11.8 Å². The van der Waals surface area contributed by atoms with Crippen LogP contribution in [-0.4, -0.2) is 27.0 Å². The first-order valence-electron chi connectivity index (χ1n) is 9.89. The van der Waals surface area contributed by atoms with E-state index in [1.54, 1.807) is 19.9 Å². The average Bonchev–Trinajstić information content (AvgIpc) is 3.39. The Balaban J connectivity index is 1.92. The molecular weight excluding hydrogens is 468 g/mol. The summed E-state index contributed by atoms with van der Waals surface area (Å²) in [7, 11) is 0. The largest absolute Gasteiger partial charge is 0.463 e. The van der Waals surface area contributed by atoms with Crippen molar-refractivity contribution in [3.8, 4) is 0 Å². The first-order chi connectivity index (χ1) is 16.2. The second-order valence-corrected chi connectivity index (χ2v) is 8.08. The van der Waals surface area contributed by atoms with E-state index < -0.39 is 33.3 Å². The molecule has 0 N–H and O–H groups in total. The smallest absolute Gasteiger partial charge is 0.433 e. The van der Waals surface area contributed by atoms with Crippen LogP contribution >= 0.6 is 11.3 Å². The molecule has 2 aromatic heterocycles. The van der Waals surface area contributed by atoms with Gasteiger partial charge in [0.1, 0.15) is 16.7 Å². The Bertz CT molecular complexity index is 1540. The lowest BCUT2D eigenvalue weighted by atomic mass is 10.0. The van der Waals surface area contributed by atoms with E-state index in [0.717, 1.165) is 17.4 Å². The number of furan rings is 1. The van der Waals surface area contributed by atoms with E-state index in [4.69, 9.17) is 9.15 Å². The van der Waals surface area contributed by atoms with E-state index in [1.165, 1.54) is 34.9 Å². The number of fused-ring (bicyclic) bond motifs is 1. The van der Waals surface area contributed by atoms with Crippen molar-refractivity contribution in [2.24, 2.45) is 4.99 Å². The van der Waals surface area contributed by atoms with Gasteiger partial charge in [-0.3, -0.25) is 29.6 Å². The Kier molecular flexibility index (Phi) is 5.94. The van der Waals surface area contributed by atoms with Gasteiger partial charge in [0, 0.05) is 17.8 Å². The molecule has 3 aromatic rings. The second-order valence-electron chi connectivity index (χ2n) is 7.07. The van der Waals surface area contributed by atoms with E-state index in [9.17, 15) is 29.8 Å². The van der Waals surface area contributed by atoms with Crippen molar-refractivity contribution < 1.29 is 23.8 Å². The highest BCUT2D eigenvalue weighted by Gasteiger charge is 2.34. The van der Waals surface area contributed by atoms with Gasteiger partial charge in [0.2, 0.25) is 0 Å². The fraction of sp³-hybridized carbons (Fsp3) is 0.190. The summed E-state index contributed by atoms with van der Waals surface area (Å²) in [6.07, 6.45) is 1.49. The summed E-state index contributed by atoms with van der Waals surface area (Å²) in [5.41, 5.74) is 0.0993. The third kappa shape index (κ3) is 4.03. The lowest BCUT2D eigenvalue weighted by Gasteiger charge is -2.20. The highest BCUT2D eigenvalue weighted by molar-refractivity contribution is 7.07. The average molecular weight is 484 g/mol. The third-order valence-corrected chi connectivity index (χ3v) is 5.96. The number of non-ortho nitro benzene ring substituents is 1. The van der Waals surface area contributed by atoms with Crippen LogP contribution in [0, 0.1) is 20.2 Å². The predicted octanol–water partition coefficient (Wildman–Crippen LogP) is 2.32. The Morgan fingerprint density at radius 1 is 1.26 bits per heavy atom. The zero-order chi connectivity index (χ0) is 24.6. The number of hydrogen-bond donors (Lipinski definition) is 0. The lowest BCUT2D eigenvalue weighted by Crippen LogP contribution is -2.35. The van der Waals surface area contributed by atoms with Gasteiger partial charge in [-0.25, -0.2) is 9.79 Å². The quantitative estimate of drug-likeness (QED) is 0.293. The molecule has 0 amide bonds. The molecule has 0 bridgehead atoms. The number of carbonyl (C=O) groups is 1. The SMILES string of the molecule is CCOC(=O)C1=C(C)n2c(s/c(=C\c3cccc([N+](=O)[O-])c3)c2=O)=N[C@H]1c1ccc([N+](=O)[O-])o1. The van der Waals surface area contributed by atoms with Crippen LogP contribution in [0.4, 0.5) is 11.6 Å². The summed E-state index contributed by atoms with van der Waals surface area (Å²) < 4.78 is 11.9. The van der Waals surface area contributed by atoms with Crippen LogP contribution in [0.5, 0.6) is 0 Å². The maximum Gasteiger partial charge on any atom is 0.433 e. The number of benzene rings is 1. The van der Waals surface area contributed by atoms with Crippen molar-refractivity contribution >= 4 is 40.7 Å². The van der Waals surface area contributed by atoms with Gasteiger partial charge in [-0.05, 0) is 31.6 Å². The maximum absolute atomic E-state index is 13.2. The normalized spacial score (nSPS) is 15.6. The Morgan fingerprint density at radius 3 is 2.68 bits per heavy atom. The number of hydrogen-bond acceptors (Lipinski definition) is 10. The standard InChI is InChI=1S/C21H16N4O8S/c1-3-32-20(27)17-11(2)23-19(26)15(10-12-5-4-6-13(9-12)24(28)29)34-21(23)22-18(17)14-7-8-16(33-14)25(30)31/h4-10,18H,3H2,1-2H3/b15-10-/t18-/m0/s1.